The minimum Gasteiger partial charge on any atom is -0.508 e. The minimum absolute atomic E-state index is 0.120. The third-order valence-electron chi connectivity index (χ3n) is 2.97. The number of phenols is 1. The molecule has 2 rings (SSSR count). The van der Waals surface area contributed by atoms with E-state index in [1.165, 1.54) is 45.4 Å². The van der Waals surface area contributed by atoms with Crippen molar-refractivity contribution >= 4 is 17.3 Å². The number of nitro benzene ring substituents is 2. The standard InChI is InChI=1S/C9H9NO5.C7H7NO4/c1-6(11)15-7-3-4-9(14-2)8(5-7)10(12)13;1-12-7-3-2-5(9)4-6(7)8(10)11/h3-5H,1-2H3;2-4,9H,1H3. The molecular formula is C16H16N2O9. The number of hydrogen-bond donors (Lipinski definition) is 1. The molecule has 0 unspecified atom stereocenters. The quantitative estimate of drug-likeness (QED) is 0.357. The third-order valence-corrected chi connectivity index (χ3v) is 2.97. The molecule has 0 aliphatic carbocycles. The summed E-state index contributed by atoms with van der Waals surface area (Å²) in [4.78, 5) is 30.4. The van der Waals surface area contributed by atoms with Crippen molar-refractivity contribution in [2.45, 2.75) is 6.92 Å². The summed E-state index contributed by atoms with van der Waals surface area (Å²) in [6.45, 7) is 1.22. The summed E-state index contributed by atoms with van der Waals surface area (Å²) in [7, 11) is 2.66. The van der Waals surface area contributed by atoms with Gasteiger partial charge in [0.15, 0.2) is 11.5 Å². The molecule has 144 valence electrons. The maximum Gasteiger partial charge on any atom is 0.314 e. The number of hydrogen-bond acceptors (Lipinski definition) is 9. The lowest BCUT2D eigenvalue weighted by atomic mass is 10.3. The van der Waals surface area contributed by atoms with Crippen LogP contribution in [0.4, 0.5) is 11.4 Å². The maximum atomic E-state index is 10.6. The Hall–Kier alpha value is -3.89. The molecule has 27 heavy (non-hydrogen) atoms. The van der Waals surface area contributed by atoms with Crippen molar-refractivity contribution in [2.24, 2.45) is 0 Å². The van der Waals surface area contributed by atoms with E-state index in [0.29, 0.717) is 0 Å². The second kappa shape index (κ2) is 9.56. The van der Waals surface area contributed by atoms with Gasteiger partial charge in [0.2, 0.25) is 0 Å². The maximum absolute atomic E-state index is 10.6. The molecule has 0 amide bonds. The first kappa shape index (κ1) is 21.2. The van der Waals surface area contributed by atoms with Gasteiger partial charge in [-0.15, -0.1) is 0 Å². The zero-order chi connectivity index (χ0) is 20.6. The van der Waals surface area contributed by atoms with E-state index in [-0.39, 0.29) is 34.4 Å². The normalized spacial score (nSPS) is 9.44. The van der Waals surface area contributed by atoms with Crippen molar-refractivity contribution < 1.29 is 34.0 Å². The van der Waals surface area contributed by atoms with E-state index in [1.54, 1.807) is 0 Å². The highest BCUT2D eigenvalue weighted by molar-refractivity contribution is 5.70. The van der Waals surface area contributed by atoms with Crippen LogP contribution in [0.2, 0.25) is 0 Å². The second-order valence-electron chi connectivity index (χ2n) is 4.80. The lowest BCUT2D eigenvalue weighted by molar-refractivity contribution is -0.386. The fourth-order valence-corrected chi connectivity index (χ4v) is 1.86. The van der Waals surface area contributed by atoms with Crippen molar-refractivity contribution in [2.75, 3.05) is 14.2 Å². The minimum atomic E-state index is -0.613. The zero-order valence-corrected chi connectivity index (χ0v) is 14.6. The summed E-state index contributed by atoms with van der Waals surface area (Å²) in [5.41, 5.74) is -0.478. The van der Waals surface area contributed by atoms with E-state index in [9.17, 15) is 25.0 Å². The van der Waals surface area contributed by atoms with Gasteiger partial charge in [-0.1, -0.05) is 0 Å². The van der Waals surface area contributed by atoms with Crippen LogP contribution in [0.15, 0.2) is 36.4 Å². The average Bonchev–Trinajstić information content (AvgIpc) is 2.61. The van der Waals surface area contributed by atoms with Gasteiger partial charge in [-0.25, -0.2) is 0 Å². The Balaban J connectivity index is 0.000000277. The number of aromatic hydroxyl groups is 1. The van der Waals surface area contributed by atoms with Crippen LogP contribution in [0.3, 0.4) is 0 Å². The summed E-state index contributed by atoms with van der Waals surface area (Å²) in [5.74, 6) is -0.305. The molecule has 0 saturated heterocycles. The van der Waals surface area contributed by atoms with Crippen molar-refractivity contribution in [3.8, 4) is 23.0 Å². The number of benzene rings is 2. The molecule has 0 bridgehead atoms. The first-order valence-electron chi connectivity index (χ1n) is 7.21. The van der Waals surface area contributed by atoms with E-state index in [2.05, 4.69) is 0 Å². The molecule has 11 heteroatoms. The lowest BCUT2D eigenvalue weighted by Gasteiger charge is -2.04. The number of nitrogens with zero attached hydrogens (tertiary/aromatic N) is 2. The number of esters is 1. The molecule has 0 fully saturated rings. The Morgan fingerprint density at radius 2 is 1.41 bits per heavy atom. The molecule has 11 nitrogen and oxygen atoms in total. The molecule has 0 aliphatic rings. The van der Waals surface area contributed by atoms with Crippen LogP contribution in [0.25, 0.3) is 0 Å². The molecular weight excluding hydrogens is 364 g/mol. The largest absolute Gasteiger partial charge is 0.508 e. The van der Waals surface area contributed by atoms with E-state index in [0.717, 1.165) is 12.1 Å². The highest BCUT2D eigenvalue weighted by Gasteiger charge is 2.16. The predicted octanol–water partition coefficient (Wildman–Crippen LogP) is 2.84. The number of carbonyl (C=O) groups excluding carboxylic acids is 1. The molecule has 2 aromatic carbocycles. The molecule has 0 aromatic heterocycles. The van der Waals surface area contributed by atoms with E-state index < -0.39 is 15.8 Å². The number of phenolic OH excluding ortho intramolecular Hbond substituents is 1. The Morgan fingerprint density at radius 3 is 1.85 bits per heavy atom. The monoisotopic (exact) mass is 380 g/mol. The van der Waals surface area contributed by atoms with Gasteiger partial charge in [0.05, 0.1) is 36.2 Å². The molecule has 1 N–H and O–H groups in total. The molecule has 0 saturated carbocycles. The van der Waals surface area contributed by atoms with Gasteiger partial charge in [0.25, 0.3) is 0 Å². The average molecular weight is 380 g/mol. The van der Waals surface area contributed by atoms with Crippen LogP contribution in [-0.2, 0) is 4.79 Å². The summed E-state index contributed by atoms with van der Waals surface area (Å²) >= 11 is 0. The Bertz CT molecular complexity index is 852. The van der Waals surface area contributed by atoms with Crippen LogP contribution in [0.5, 0.6) is 23.0 Å². The van der Waals surface area contributed by atoms with Crippen molar-refractivity contribution in [1.29, 1.82) is 0 Å². The van der Waals surface area contributed by atoms with Crippen molar-refractivity contribution in [3.05, 3.63) is 56.6 Å². The van der Waals surface area contributed by atoms with Crippen LogP contribution >= 0.6 is 0 Å². The van der Waals surface area contributed by atoms with Crippen molar-refractivity contribution in [1.82, 2.24) is 0 Å². The van der Waals surface area contributed by atoms with Crippen molar-refractivity contribution in [3.63, 3.8) is 0 Å². The van der Waals surface area contributed by atoms with E-state index in [1.807, 2.05) is 0 Å². The smallest absolute Gasteiger partial charge is 0.314 e. The molecule has 2 aromatic rings. The van der Waals surface area contributed by atoms with Gasteiger partial charge in [0.1, 0.15) is 11.5 Å². The SMILES string of the molecule is COc1ccc(O)cc1[N+](=O)[O-].COc1ccc(OC(C)=O)cc1[N+](=O)[O-]. The number of methoxy groups -OCH3 is 2. The highest BCUT2D eigenvalue weighted by atomic mass is 16.6. The van der Waals surface area contributed by atoms with Gasteiger partial charge >= 0.3 is 17.3 Å². The fraction of sp³-hybridized carbons (Fsp3) is 0.188. The molecule has 0 heterocycles. The molecule has 0 aliphatic heterocycles. The highest BCUT2D eigenvalue weighted by Crippen LogP contribution is 2.31. The Morgan fingerprint density at radius 1 is 0.926 bits per heavy atom. The lowest BCUT2D eigenvalue weighted by Crippen LogP contribution is -2.02. The Kier molecular flexibility index (Phi) is 7.49. The first-order chi connectivity index (χ1) is 12.7. The van der Waals surface area contributed by atoms with Gasteiger partial charge in [0, 0.05) is 6.92 Å². The van der Waals surface area contributed by atoms with Gasteiger partial charge in [-0.05, 0) is 24.3 Å². The molecule has 0 radical (unpaired) electrons. The molecule has 0 atom stereocenters. The van der Waals surface area contributed by atoms with E-state index in [4.69, 9.17) is 19.3 Å². The van der Waals surface area contributed by atoms with Crippen LogP contribution in [-0.4, -0.2) is 35.1 Å². The first-order valence-corrected chi connectivity index (χ1v) is 7.21. The van der Waals surface area contributed by atoms with Crippen LogP contribution in [0, 0.1) is 20.2 Å². The number of nitro groups is 2. The molecule has 0 spiro atoms. The summed E-state index contributed by atoms with van der Waals surface area (Å²) in [6.07, 6.45) is 0. The summed E-state index contributed by atoms with van der Waals surface area (Å²) in [5, 5.41) is 29.9. The summed E-state index contributed by atoms with van der Waals surface area (Å²) in [6, 6.07) is 7.64. The zero-order valence-electron chi connectivity index (χ0n) is 14.6. The number of rotatable bonds is 5. The third kappa shape index (κ3) is 6.16. The topological polar surface area (TPSA) is 151 Å². The van der Waals surface area contributed by atoms with Gasteiger partial charge < -0.3 is 19.3 Å². The van der Waals surface area contributed by atoms with E-state index >= 15 is 0 Å². The Labute approximate surface area is 153 Å². The second-order valence-corrected chi connectivity index (χ2v) is 4.80. The van der Waals surface area contributed by atoms with Crippen LogP contribution in [0.1, 0.15) is 6.92 Å². The van der Waals surface area contributed by atoms with Crippen LogP contribution < -0.4 is 14.2 Å². The predicted molar refractivity (Wildman–Crippen MR) is 92.3 cm³/mol. The van der Waals surface area contributed by atoms with Gasteiger partial charge in [-0.2, -0.15) is 0 Å². The fourth-order valence-electron chi connectivity index (χ4n) is 1.86. The summed E-state index contributed by atoms with van der Waals surface area (Å²) < 4.78 is 14.2. The number of carbonyl (C=O) groups is 1. The number of ether oxygens (including phenoxy) is 3. The van der Waals surface area contributed by atoms with Gasteiger partial charge in [-0.3, -0.25) is 25.0 Å².